The number of amides is 2. The molecule has 7 nitrogen and oxygen atoms in total. The second-order valence-electron chi connectivity index (χ2n) is 6.20. The number of nitrogens with one attached hydrogen (secondary N) is 2. The minimum absolute atomic E-state index is 0.223. The molecule has 28 heavy (non-hydrogen) atoms. The van der Waals surface area contributed by atoms with E-state index >= 15 is 0 Å². The molecule has 0 spiro atoms. The molecule has 144 valence electrons. The first kappa shape index (κ1) is 19.2. The third kappa shape index (κ3) is 4.20. The number of rotatable bonds is 6. The first-order valence-corrected chi connectivity index (χ1v) is 8.76. The van der Waals surface area contributed by atoms with Crippen LogP contribution in [0.4, 0.5) is 5.69 Å². The smallest absolute Gasteiger partial charge is 0.259 e. The number of hydrogen-bond donors (Lipinski definition) is 2. The maximum absolute atomic E-state index is 12.8. The van der Waals surface area contributed by atoms with Crippen LogP contribution in [0.2, 0.25) is 0 Å². The number of nitrogens with zero attached hydrogens (tertiary/aromatic N) is 1. The Bertz CT molecular complexity index is 991. The molecule has 0 atom stereocenters. The Morgan fingerprint density at radius 1 is 1.07 bits per heavy atom. The zero-order chi connectivity index (χ0) is 20.1. The van der Waals surface area contributed by atoms with E-state index in [-0.39, 0.29) is 18.4 Å². The van der Waals surface area contributed by atoms with Gasteiger partial charge in [-0.1, -0.05) is 23.4 Å². The Hall–Kier alpha value is -3.61. The van der Waals surface area contributed by atoms with Crippen LogP contribution in [-0.4, -0.2) is 24.0 Å². The van der Waals surface area contributed by atoms with Crippen LogP contribution in [0.15, 0.2) is 53.1 Å². The van der Waals surface area contributed by atoms with Crippen LogP contribution in [0.3, 0.4) is 0 Å². The highest BCUT2D eigenvalue weighted by Gasteiger charge is 2.15. The fourth-order valence-corrected chi connectivity index (χ4v) is 2.72. The Labute approximate surface area is 162 Å². The van der Waals surface area contributed by atoms with Gasteiger partial charge in [0.1, 0.15) is 18.1 Å². The average molecular weight is 379 g/mol. The van der Waals surface area contributed by atoms with Gasteiger partial charge >= 0.3 is 0 Å². The van der Waals surface area contributed by atoms with E-state index in [2.05, 4.69) is 15.8 Å². The van der Waals surface area contributed by atoms with Crippen LogP contribution in [0, 0.1) is 13.8 Å². The van der Waals surface area contributed by atoms with Crippen molar-refractivity contribution < 1.29 is 18.8 Å². The number of anilines is 1. The highest BCUT2D eigenvalue weighted by atomic mass is 16.5. The van der Waals surface area contributed by atoms with Crippen molar-refractivity contribution in [3.63, 3.8) is 0 Å². The van der Waals surface area contributed by atoms with Crippen molar-refractivity contribution >= 4 is 17.5 Å². The third-order valence-corrected chi connectivity index (χ3v) is 4.29. The number of ether oxygens (including phenoxy) is 1. The van der Waals surface area contributed by atoms with E-state index in [4.69, 9.17) is 9.26 Å². The highest BCUT2D eigenvalue weighted by molar-refractivity contribution is 6.06. The molecule has 0 radical (unpaired) electrons. The topological polar surface area (TPSA) is 93.5 Å². The van der Waals surface area contributed by atoms with Gasteiger partial charge in [0.2, 0.25) is 0 Å². The molecular formula is C21H21N3O4. The predicted octanol–water partition coefficient (Wildman–Crippen LogP) is 3.48. The number of benzene rings is 2. The standard InChI is InChI=1S/C21H21N3O4/c1-13-18(14(2)28-24-13)12-27-19-10-5-4-9-17(19)21(26)23-16-8-6-7-15(11-16)20(25)22-3/h4-11H,12H2,1-3H3,(H,22,25)(H,23,26). The molecule has 2 aromatic carbocycles. The van der Waals surface area contributed by atoms with E-state index < -0.39 is 0 Å². The van der Waals surface area contributed by atoms with E-state index in [0.717, 1.165) is 11.3 Å². The summed E-state index contributed by atoms with van der Waals surface area (Å²) in [5.74, 6) is 0.579. The lowest BCUT2D eigenvalue weighted by Crippen LogP contribution is -2.18. The second-order valence-corrected chi connectivity index (χ2v) is 6.20. The Morgan fingerprint density at radius 3 is 2.57 bits per heavy atom. The summed E-state index contributed by atoms with van der Waals surface area (Å²) in [5, 5.41) is 9.27. The van der Waals surface area contributed by atoms with Crippen molar-refractivity contribution in [1.82, 2.24) is 10.5 Å². The monoisotopic (exact) mass is 379 g/mol. The minimum atomic E-state index is -0.330. The van der Waals surface area contributed by atoms with Gasteiger partial charge in [0.05, 0.1) is 16.8 Å². The molecule has 2 N–H and O–H groups in total. The van der Waals surface area contributed by atoms with E-state index in [1.807, 2.05) is 13.8 Å². The largest absolute Gasteiger partial charge is 0.488 e. The summed E-state index contributed by atoms with van der Waals surface area (Å²) in [6, 6.07) is 13.7. The van der Waals surface area contributed by atoms with Crippen molar-refractivity contribution in [2.75, 3.05) is 12.4 Å². The molecule has 1 heterocycles. The van der Waals surface area contributed by atoms with Crippen LogP contribution >= 0.6 is 0 Å². The summed E-state index contributed by atoms with van der Waals surface area (Å²) >= 11 is 0. The normalized spacial score (nSPS) is 10.4. The Morgan fingerprint density at radius 2 is 1.86 bits per heavy atom. The summed E-state index contributed by atoms with van der Waals surface area (Å²) in [7, 11) is 1.56. The van der Waals surface area contributed by atoms with Gasteiger partial charge in [-0.3, -0.25) is 9.59 Å². The number of aromatic nitrogens is 1. The molecule has 0 saturated carbocycles. The fraction of sp³-hybridized carbons (Fsp3) is 0.190. The number of carbonyl (C=O) groups excluding carboxylic acids is 2. The van der Waals surface area contributed by atoms with Gasteiger partial charge in [0, 0.05) is 18.3 Å². The summed E-state index contributed by atoms with van der Waals surface area (Å²) in [4.78, 5) is 24.5. The first-order chi connectivity index (χ1) is 13.5. The fourth-order valence-electron chi connectivity index (χ4n) is 2.72. The number of aryl methyl sites for hydroxylation is 2. The number of carbonyl (C=O) groups is 2. The molecule has 2 amide bonds. The van der Waals surface area contributed by atoms with Crippen molar-refractivity contribution in [1.29, 1.82) is 0 Å². The van der Waals surface area contributed by atoms with Gasteiger partial charge in [-0.05, 0) is 44.2 Å². The van der Waals surface area contributed by atoms with Gasteiger partial charge in [0.15, 0.2) is 0 Å². The summed E-state index contributed by atoms with van der Waals surface area (Å²) in [6.07, 6.45) is 0. The van der Waals surface area contributed by atoms with Gasteiger partial charge in [-0.15, -0.1) is 0 Å². The van der Waals surface area contributed by atoms with E-state index in [9.17, 15) is 9.59 Å². The van der Waals surface area contributed by atoms with Crippen molar-refractivity contribution in [2.45, 2.75) is 20.5 Å². The number of hydrogen-bond acceptors (Lipinski definition) is 5. The molecular weight excluding hydrogens is 358 g/mol. The van der Waals surface area contributed by atoms with Crippen LogP contribution < -0.4 is 15.4 Å². The van der Waals surface area contributed by atoms with Crippen molar-refractivity contribution in [2.24, 2.45) is 0 Å². The molecule has 0 aliphatic carbocycles. The van der Waals surface area contributed by atoms with E-state index in [1.54, 1.807) is 55.6 Å². The number of para-hydroxylation sites is 1. The maximum atomic E-state index is 12.8. The zero-order valence-corrected chi connectivity index (χ0v) is 15.9. The Balaban J connectivity index is 1.77. The van der Waals surface area contributed by atoms with Crippen molar-refractivity contribution in [3.8, 4) is 5.75 Å². The van der Waals surface area contributed by atoms with Gasteiger partial charge < -0.3 is 19.9 Å². The van der Waals surface area contributed by atoms with Gasteiger partial charge in [0.25, 0.3) is 11.8 Å². The quantitative estimate of drug-likeness (QED) is 0.684. The zero-order valence-electron chi connectivity index (χ0n) is 15.9. The molecule has 0 aliphatic rings. The molecule has 1 aromatic heterocycles. The molecule has 0 fully saturated rings. The summed E-state index contributed by atoms with van der Waals surface area (Å²) in [6.45, 7) is 3.90. The van der Waals surface area contributed by atoms with Crippen LogP contribution in [0.1, 0.15) is 37.7 Å². The molecule has 0 aliphatic heterocycles. The van der Waals surface area contributed by atoms with Crippen LogP contribution in [0.25, 0.3) is 0 Å². The second kappa shape index (κ2) is 8.39. The third-order valence-electron chi connectivity index (χ3n) is 4.29. The summed E-state index contributed by atoms with van der Waals surface area (Å²) < 4.78 is 11.0. The Kier molecular flexibility index (Phi) is 5.74. The maximum Gasteiger partial charge on any atom is 0.259 e. The lowest BCUT2D eigenvalue weighted by molar-refractivity contribution is 0.0961. The van der Waals surface area contributed by atoms with E-state index in [0.29, 0.717) is 28.3 Å². The van der Waals surface area contributed by atoms with Crippen molar-refractivity contribution in [3.05, 3.63) is 76.7 Å². The molecule has 0 unspecified atom stereocenters. The highest BCUT2D eigenvalue weighted by Crippen LogP contribution is 2.23. The molecule has 0 saturated heterocycles. The first-order valence-electron chi connectivity index (χ1n) is 8.76. The lowest BCUT2D eigenvalue weighted by atomic mass is 10.1. The van der Waals surface area contributed by atoms with Gasteiger partial charge in [-0.25, -0.2) is 0 Å². The minimum Gasteiger partial charge on any atom is -0.488 e. The lowest BCUT2D eigenvalue weighted by Gasteiger charge is -2.12. The molecule has 7 heteroatoms. The molecule has 3 rings (SSSR count). The predicted molar refractivity (Wildman–Crippen MR) is 105 cm³/mol. The van der Waals surface area contributed by atoms with Crippen LogP contribution in [0.5, 0.6) is 5.75 Å². The molecule has 0 bridgehead atoms. The average Bonchev–Trinajstić information content (AvgIpc) is 3.03. The van der Waals surface area contributed by atoms with E-state index in [1.165, 1.54) is 0 Å². The van der Waals surface area contributed by atoms with Crippen LogP contribution in [-0.2, 0) is 6.61 Å². The molecule has 3 aromatic rings. The van der Waals surface area contributed by atoms with Gasteiger partial charge in [-0.2, -0.15) is 0 Å². The SMILES string of the molecule is CNC(=O)c1cccc(NC(=O)c2ccccc2OCc2c(C)noc2C)c1. The summed E-state index contributed by atoms with van der Waals surface area (Å²) in [5.41, 5.74) is 2.98.